The van der Waals surface area contributed by atoms with Crippen molar-refractivity contribution in [2.24, 2.45) is 0 Å². The number of carbonyl (C=O) groups excluding carboxylic acids is 1. The Balaban J connectivity index is 1.86. The Morgan fingerprint density at radius 2 is 1.64 bits per heavy atom. The second-order valence-electron chi connectivity index (χ2n) is 6.44. The van der Waals surface area contributed by atoms with Gasteiger partial charge in [-0.15, -0.1) is 0 Å². The summed E-state index contributed by atoms with van der Waals surface area (Å²) in [7, 11) is 3.20. The van der Waals surface area contributed by atoms with Crippen LogP contribution in [0.3, 0.4) is 0 Å². The maximum atomic E-state index is 13.3. The number of ether oxygens (including phenoxy) is 3. The minimum Gasteiger partial charge on any atom is -0.497 e. The molecule has 28 heavy (non-hydrogen) atoms. The van der Waals surface area contributed by atoms with E-state index in [0.29, 0.717) is 28.4 Å². The van der Waals surface area contributed by atoms with Gasteiger partial charge in [0.15, 0.2) is 11.9 Å². The smallest absolute Gasteiger partial charge is 0.196 e. The summed E-state index contributed by atoms with van der Waals surface area (Å²) >= 11 is 0. The Bertz CT molecular complexity index is 1040. The number of rotatable bonds is 4. The fourth-order valence-electron chi connectivity index (χ4n) is 3.34. The summed E-state index contributed by atoms with van der Waals surface area (Å²) in [5.41, 5.74) is 2.83. The molecule has 1 atom stereocenters. The molecule has 0 aliphatic carbocycles. The van der Waals surface area contributed by atoms with Crippen molar-refractivity contribution < 1.29 is 19.0 Å². The number of benzene rings is 3. The van der Waals surface area contributed by atoms with Gasteiger partial charge in [0, 0.05) is 17.2 Å². The molecule has 1 heterocycles. The fraction of sp³-hybridized carbons (Fsp3) is 0.125. The third-order valence-electron chi connectivity index (χ3n) is 4.78. The summed E-state index contributed by atoms with van der Waals surface area (Å²) in [6.45, 7) is 0. The number of methoxy groups -OCH3 is 2. The van der Waals surface area contributed by atoms with Crippen LogP contribution in [0.25, 0.3) is 6.08 Å². The minimum atomic E-state index is -0.490. The van der Waals surface area contributed by atoms with E-state index in [0.717, 1.165) is 11.1 Å². The SMILES string of the molecule is COc1ccc(C=C2C(=O)c3ccccc3OC2c2ccccc2)c(OC)c1. The fourth-order valence-corrected chi connectivity index (χ4v) is 3.34. The van der Waals surface area contributed by atoms with Crippen LogP contribution in [0, 0.1) is 0 Å². The molecule has 1 aliphatic heterocycles. The van der Waals surface area contributed by atoms with Crippen molar-refractivity contribution in [2.75, 3.05) is 14.2 Å². The van der Waals surface area contributed by atoms with Crippen LogP contribution in [0.15, 0.2) is 78.4 Å². The van der Waals surface area contributed by atoms with Gasteiger partial charge in [-0.05, 0) is 35.9 Å². The molecular formula is C24H20O4. The Kier molecular flexibility index (Phi) is 4.85. The summed E-state index contributed by atoms with van der Waals surface area (Å²) < 4.78 is 17.0. The Labute approximate surface area is 164 Å². The maximum absolute atomic E-state index is 13.3. The summed E-state index contributed by atoms with van der Waals surface area (Å²) in [5, 5.41) is 0. The lowest BCUT2D eigenvalue weighted by Crippen LogP contribution is -2.23. The Hall–Kier alpha value is -3.53. The van der Waals surface area contributed by atoms with Crippen molar-refractivity contribution in [3.63, 3.8) is 0 Å². The van der Waals surface area contributed by atoms with Gasteiger partial charge < -0.3 is 14.2 Å². The van der Waals surface area contributed by atoms with Crippen LogP contribution in [-0.4, -0.2) is 20.0 Å². The summed E-state index contributed by atoms with van der Waals surface area (Å²) in [6, 6.07) is 22.6. The van der Waals surface area contributed by atoms with E-state index in [1.165, 1.54) is 0 Å². The van der Waals surface area contributed by atoms with Crippen LogP contribution >= 0.6 is 0 Å². The third kappa shape index (κ3) is 3.25. The van der Waals surface area contributed by atoms with Crippen molar-refractivity contribution >= 4 is 11.9 Å². The molecule has 4 rings (SSSR count). The van der Waals surface area contributed by atoms with E-state index in [9.17, 15) is 4.79 Å². The molecule has 0 saturated carbocycles. The molecular weight excluding hydrogens is 352 g/mol. The van der Waals surface area contributed by atoms with Gasteiger partial charge in [0.1, 0.15) is 17.2 Å². The number of ketones is 1. The van der Waals surface area contributed by atoms with Crippen LogP contribution in [0.4, 0.5) is 0 Å². The van der Waals surface area contributed by atoms with Gasteiger partial charge in [0.25, 0.3) is 0 Å². The number of carbonyl (C=O) groups is 1. The monoisotopic (exact) mass is 372 g/mol. The molecule has 0 bridgehead atoms. The average molecular weight is 372 g/mol. The first-order chi connectivity index (χ1) is 13.7. The zero-order valence-electron chi connectivity index (χ0n) is 15.7. The Morgan fingerprint density at radius 1 is 0.893 bits per heavy atom. The molecule has 4 nitrogen and oxygen atoms in total. The highest BCUT2D eigenvalue weighted by molar-refractivity contribution is 6.14. The van der Waals surface area contributed by atoms with Gasteiger partial charge >= 0.3 is 0 Å². The second-order valence-corrected chi connectivity index (χ2v) is 6.44. The van der Waals surface area contributed by atoms with E-state index < -0.39 is 6.10 Å². The quantitative estimate of drug-likeness (QED) is 0.598. The summed E-state index contributed by atoms with van der Waals surface area (Å²) in [6.07, 6.45) is 1.35. The molecule has 3 aromatic carbocycles. The van der Waals surface area contributed by atoms with Crippen LogP contribution < -0.4 is 14.2 Å². The predicted octanol–water partition coefficient (Wildman–Crippen LogP) is 5.10. The molecule has 4 heteroatoms. The standard InChI is InChI=1S/C24H20O4/c1-26-18-13-12-17(22(15-18)27-2)14-20-23(25)19-10-6-7-11-21(19)28-24(20)16-8-4-3-5-9-16/h3-15,24H,1-2H3. The van der Waals surface area contributed by atoms with Crippen molar-refractivity contribution in [1.82, 2.24) is 0 Å². The van der Waals surface area contributed by atoms with Crippen LogP contribution in [0.1, 0.15) is 27.6 Å². The molecule has 0 fully saturated rings. The molecule has 140 valence electrons. The molecule has 0 aromatic heterocycles. The maximum Gasteiger partial charge on any atom is 0.196 e. The van der Waals surface area contributed by atoms with E-state index in [2.05, 4.69) is 0 Å². The largest absolute Gasteiger partial charge is 0.497 e. The summed E-state index contributed by atoms with van der Waals surface area (Å²) in [5.74, 6) is 1.87. The van der Waals surface area contributed by atoms with Gasteiger partial charge in [0.05, 0.1) is 19.8 Å². The number of para-hydroxylation sites is 1. The molecule has 1 aliphatic rings. The topological polar surface area (TPSA) is 44.8 Å². The van der Waals surface area contributed by atoms with Crippen LogP contribution in [0.2, 0.25) is 0 Å². The lowest BCUT2D eigenvalue weighted by Gasteiger charge is -2.28. The number of hydrogen-bond acceptors (Lipinski definition) is 4. The van der Waals surface area contributed by atoms with E-state index >= 15 is 0 Å². The Morgan fingerprint density at radius 3 is 2.39 bits per heavy atom. The van der Waals surface area contributed by atoms with E-state index in [-0.39, 0.29) is 5.78 Å². The molecule has 0 spiro atoms. The van der Waals surface area contributed by atoms with Crippen LogP contribution in [0.5, 0.6) is 17.2 Å². The van der Waals surface area contributed by atoms with Crippen molar-refractivity contribution in [1.29, 1.82) is 0 Å². The van der Waals surface area contributed by atoms with Gasteiger partial charge in [0.2, 0.25) is 0 Å². The number of fused-ring (bicyclic) bond motifs is 1. The molecule has 0 N–H and O–H groups in total. The second kappa shape index (κ2) is 7.61. The van der Waals surface area contributed by atoms with Crippen LogP contribution in [-0.2, 0) is 0 Å². The highest BCUT2D eigenvalue weighted by Gasteiger charge is 2.32. The predicted molar refractivity (Wildman–Crippen MR) is 108 cm³/mol. The molecule has 0 saturated heterocycles. The lowest BCUT2D eigenvalue weighted by atomic mass is 9.89. The first-order valence-corrected chi connectivity index (χ1v) is 9.00. The van der Waals surface area contributed by atoms with Gasteiger partial charge in [-0.1, -0.05) is 42.5 Å². The highest BCUT2D eigenvalue weighted by Crippen LogP contribution is 2.40. The van der Waals surface area contributed by atoms with Crippen molar-refractivity contribution in [2.45, 2.75) is 6.10 Å². The summed E-state index contributed by atoms with van der Waals surface area (Å²) in [4.78, 5) is 13.3. The zero-order chi connectivity index (χ0) is 19.5. The molecule has 1 unspecified atom stereocenters. The number of Topliss-reactive ketones (excluding diaryl/α,β-unsaturated/α-hetero) is 1. The molecule has 0 radical (unpaired) electrons. The highest BCUT2D eigenvalue weighted by atomic mass is 16.5. The zero-order valence-corrected chi connectivity index (χ0v) is 15.7. The van der Waals surface area contributed by atoms with E-state index in [4.69, 9.17) is 14.2 Å². The van der Waals surface area contributed by atoms with E-state index in [1.54, 1.807) is 26.4 Å². The van der Waals surface area contributed by atoms with Gasteiger partial charge in [-0.25, -0.2) is 0 Å². The third-order valence-corrected chi connectivity index (χ3v) is 4.78. The molecule has 0 amide bonds. The lowest BCUT2D eigenvalue weighted by molar-refractivity contribution is 0.0963. The first-order valence-electron chi connectivity index (χ1n) is 9.00. The number of hydrogen-bond donors (Lipinski definition) is 0. The van der Waals surface area contributed by atoms with Crippen molar-refractivity contribution in [3.05, 3.63) is 95.1 Å². The molecule has 3 aromatic rings. The van der Waals surface area contributed by atoms with Crippen molar-refractivity contribution in [3.8, 4) is 17.2 Å². The average Bonchev–Trinajstić information content (AvgIpc) is 2.76. The van der Waals surface area contributed by atoms with E-state index in [1.807, 2.05) is 66.7 Å². The minimum absolute atomic E-state index is 0.0476. The van der Waals surface area contributed by atoms with Gasteiger partial charge in [-0.2, -0.15) is 0 Å². The first kappa shape index (κ1) is 17.9. The normalized spacial score (nSPS) is 17.0. The van der Waals surface area contributed by atoms with Gasteiger partial charge in [-0.3, -0.25) is 4.79 Å².